The predicted octanol–water partition coefficient (Wildman–Crippen LogP) is 3.95. The molecular weight excluding hydrogens is 316 g/mol. The lowest BCUT2D eigenvalue weighted by molar-refractivity contribution is -0.116. The number of pyridine rings is 1. The quantitative estimate of drug-likeness (QED) is 0.744. The first-order valence-electron chi connectivity index (χ1n) is 8.32. The zero-order valence-corrected chi connectivity index (χ0v) is 14.7. The Morgan fingerprint density at radius 1 is 0.960 bits per heavy atom. The van der Waals surface area contributed by atoms with E-state index in [1.807, 2.05) is 39.0 Å². The van der Waals surface area contributed by atoms with Crippen LogP contribution in [0.2, 0.25) is 0 Å². The molecule has 25 heavy (non-hydrogen) atoms. The van der Waals surface area contributed by atoms with E-state index >= 15 is 0 Å². The van der Waals surface area contributed by atoms with Gasteiger partial charge in [-0.05, 0) is 49.2 Å². The summed E-state index contributed by atoms with van der Waals surface area (Å²) < 4.78 is 0. The van der Waals surface area contributed by atoms with Gasteiger partial charge in [-0.15, -0.1) is 0 Å². The normalized spacial score (nSPS) is 11.7. The molecule has 0 spiro atoms. The third-order valence-corrected chi connectivity index (χ3v) is 3.50. The van der Waals surface area contributed by atoms with Crippen molar-refractivity contribution in [3.63, 3.8) is 0 Å². The Morgan fingerprint density at radius 3 is 2.16 bits per heavy atom. The summed E-state index contributed by atoms with van der Waals surface area (Å²) in [5.74, 6) is 0.295. The fourth-order valence-electron chi connectivity index (χ4n) is 2.29. The van der Waals surface area contributed by atoms with Crippen molar-refractivity contribution < 1.29 is 9.59 Å². The van der Waals surface area contributed by atoms with Crippen LogP contribution in [0.3, 0.4) is 0 Å². The summed E-state index contributed by atoms with van der Waals surface area (Å²) in [6, 6.07) is 12.1. The van der Waals surface area contributed by atoms with Gasteiger partial charge in [0.2, 0.25) is 5.91 Å². The lowest BCUT2D eigenvalue weighted by Crippen LogP contribution is -2.31. The van der Waals surface area contributed by atoms with Gasteiger partial charge in [-0.3, -0.25) is 9.78 Å². The minimum absolute atomic E-state index is 0.0161. The monoisotopic (exact) mass is 340 g/mol. The molecule has 0 aliphatic rings. The van der Waals surface area contributed by atoms with Gasteiger partial charge in [0.1, 0.15) is 0 Å². The minimum Gasteiger partial charge on any atom is -0.330 e. The highest BCUT2D eigenvalue weighted by Crippen LogP contribution is 2.15. The average molecular weight is 340 g/mol. The van der Waals surface area contributed by atoms with E-state index in [9.17, 15) is 9.59 Å². The molecule has 3 N–H and O–H groups in total. The summed E-state index contributed by atoms with van der Waals surface area (Å²) in [6.45, 7) is 5.86. The number of nitrogens with one attached hydrogen (secondary N) is 3. The van der Waals surface area contributed by atoms with E-state index < -0.39 is 0 Å². The number of aromatic nitrogens is 1. The molecule has 0 radical (unpaired) electrons. The molecule has 2 rings (SSSR count). The Hall–Kier alpha value is -2.89. The number of benzene rings is 1. The van der Waals surface area contributed by atoms with Crippen LogP contribution >= 0.6 is 0 Å². The van der Waals surface area contributed by atoms with E-state index in [1.54, 1.807) is 30.5 Å². The summed E-state index contributed by atoms with van der Waals surface area (Å²) in [6.07, 6.45) is 2.17. The third-order valence-electron chi connectivity index (χ3n) is 3.50. The largest absolute Gasteiger partial charge is 0.330 e. The Bertz CT molecular complexity index is 699. The standard InChI is InChI=1S/C19H24N4O2/c1-13(2)12-18(24)22-15-7-9-16(10-8-15)23-19(25)21-14(3)17-6-4-5-11-20-17/h4-11,13-14H,12H2,1-3H3,(H,22,24)(H2,21,23,25)/t14-/m1/s1. The number of hydrogen-bond acceptors (Lipinski definition) is 3. The van der Waals surface area contributed by atoms with Gasteiger partial charge in [0, 0.05) is 24.0 Å². The third kappa shape index (κ3) is 6.25. The molecule has 1 atom stereocenters. The minimum atomic E-state index is -0.310. The van der Waals surface area contributed by atoms with Gasteiger partial charge < -0.3 is 16.0 Å². The highest BCUT2D eigenvalue weighted by atomic mass is 16.2. The zero-order valence-electron chi connectivity index (χ0n) is 14.7. The molecule has 3 amide bonds. The first kappa shape index (κ1) is 18.4. The molecular formula is C19H24N4O2. The van der Waals surface area contributed by atoms with Crippen LogP contribution < -0.4 is 16.0 Å². The van der Waals surface area contributed by atoms with Gasteiger partial charge in [0.05, 0.1) is 11.7 Å². The van der Waals surface area contributed by atoms with E-state index in [4.69, 9.17) is 0 Å². The summed E-state index contributed by atoms with van der Waals surface area (Å²) in [7, 11) is 0. The second kappa shape index (κ2) is 8.82. The van der Waals surface area contributed by atoms with Crippen molar-refractivity contribution in [2.75, 3.05) is 10.6 Å². The van der Waals surface area contributed by atoms with Crippen molar-refractivity contribution in [3.05, 3.63) is 54.4 Å². The molecule has 132 valence electrons. The van der Waals surface area contributed by atoms with Crippen molar-refractivity contribution >= 4 is 23.3 Å². The number of anilines is 2. The van der Waals surface area contributed by atoms with Crippen LogP contribution in [0.5, 0.6) is 0 Å². The Labute approximate surface area is 148 Å². The molecule has 1 aromatic heterocycles. The fourth-order valence-corrected chi connectivity index (χ4v) is 2.29. The van der Waals surface area contributed by atoms with E-state index in [0.717, 1.165) is 5.69 Å². The first-order chi connectivity index (χ1) is 11.9. The number of carbonyl (C=O) groups is 2. The zero-order chi connectivity index (χ0) is 18.2. The molecule has 0 aliphatic heterocycles. The van der Waals surface area contributed by atoms with Crippen molar-refractivity contribution in [1.82, 2.24) is 10.3 Å². The lowest BCUT2D eigenvalue weighted by Gasteiger charge is -2.14. The van der Waals surface area contributed by atoms with Crippen molar-refractivity contribution in [2.24, 2.45) is 5.92 Å². The molecule has 0 fully saturated rings. The van der Waals surface area contributed by atoms with Crippen LogP contribution in [0.25, 0.3) is 0 Å². The maximum Gasteiger partial charge on any atom is 0.319 e. The maximum atomic E-state index is 12.1. The number of rotatable bonds is 6. The van der Waals surface area contributed by atoms with Crippen LogP contribution in [0.4, 0.5) is 16.2 Å². The van der Waals surface area contributed by atoms with E-state index in [2.05, 4.69) is 20.9 Å². The van der Waals surface area contributed by atoms with Gasteiger partial charge in [-0.2, -0.15) is 0 Å². The van der Waals surface area contributed by atoms with Crippen molar-refractivity contribution in [3.8, 4) is 0 Å². The van der Waals surface area contributed by atoms with Crippen LogP contribution in [0.15, 0.2) is 48.7 Å². The molecule has 0 bridgehead atoms. The van der Waals surface area contributed by atoms with Gasteiger partial charge in [0.25, 0.3) is 0 Å². The van der Waals surface area contributed by atoms with Crippen molar-refractivity contribution in [2.45, 2.75) is 33.2 Å². The number of amides is 3. The highest BCUT2D eigenvalue weighted by Gasteiger charge is 2.10. The second-order valence-corrected chi connectivity index (χ2v) is 6.30. The summed E-state index contributed by atoms with van der Waals surface area (Å²) >= 11 is 0. The number of carbonyl (C=O) groups excluding carboxylic acids is 2. The number of nitrogens with zero attached hydrogens (tertiary/aromatic N) is 1. The summed E-state index contributed by atoms with van der Waals surface area (Å²) in [5, 5.41) is 8.43. The smallest absolute Gasteiger partial charge is 0.319 e. The van der Waals surface area contributed by atoms with Crippen molar-refractivity contribution in [1.29, 1.82) is 0 Å². The average Bonchev–Trinajstić information content (AvgIpc) is 2.56. The number of urea groups is 1. The van der Waals surface area contributed by atoms with Crippen LogP contribution in [0, 0.1) is 5.92 Å². The molecule has 6 heteroatoms. The molecule has 1 aromatic carbocycles. The maximum absolute atomic E-state index is 12.1. The van der Waals surface area contributed by atoms with Gasteiger partial charge in [-0.1, -0.05) is 19.9 Å². The molecule has 0 unspecified atom stereocenters. The molecule has 0 saturated heterocycles. The van der Waals surface area contributed by atoms with Crippen LogP contribution in [-0.4, -0.2) is 16.9 Å². The highest BCUT2D eigenvalue weighted by molar-refractivity contribution is 5.92. The Balaban J connectivity index is 1.86. The first-order valence-corrected chi connectivity index (χ1v) is 8.32. The van der Waals surface area contributed by atoms with E-state index in [-0.39, 0.29) is 18.0 Å². The summed E-state index contributed by atoms with van der Waals surface area (Å²) in [4.78, 5) is 28.0. The Morgan fingerprint density at radius 2 is 1.60 bits per heavy atom. The van der Waals surface area contributed by atoms with Gasteiger partial charge >= 0.3 is 6.03 Å². The van der Waals surface area contributed by atoms with E-state index in [0.29, 0.717) is 23.7 Å². The van der Waals surface area contributed by atoms with Crippen LogP contribution in [-0.2, 0) is 4.79 Å². The second-order valence-electron chi connectivity index (χ2n) is 6.30. The van der Waals surface area contributed by atoms with Crippen LogP contribution in [0.1, 0.15) is 38.9 Å². The SMILES string of the molecule is CC(C)CC(=O)Nc1ccc(NC(=O)N[C@H](C)c2ccccn2)cc1. The Kier molecular flexibility index (Phi) is 6.51. The summed E-state index contributed by atoms with van der Waals surface area (Å²) in [5.41, 5.74) is 2.15. The molecule has 1 heterocycles. The molecule has 6 nitrogen and oxygen atoms in total. The van der Waals surface area contributed by atoms with Gasteiger partial charge in [-0.25, -0.2) is 4.79 Å². The van der Waals surface area contributed by atoms with E-state index in [1.165, 1.54) is 0 Å². The molecule has 0 aliphatic carbocycles. The van der Waals surface area contributed by atoms with Gasteiger partial charge in [0.15, 0.2) is 0 Å². The lowest BCUT2D eigenvalue weighted by atomic mass is 10.1. The topological polar surface area (TPSA) is 83.1 Å². The fraction of sp³-hybridized carbons (Fsp3) is 0.316. The molecule has 2 aromatic rings. The molecule has 0 saturated carbocycles. The number of hydrogen-bond donors (Lipinski definition) is 3. The predicted molar refractivity (Wildman–Crippen MR) is 99.3 cm³/mol.